The number of ether oxygens (including phenoxy) is 2. The van der Waals surface area contributed by atoms with E-state index in [2.05, 4.69) is 10.3 Å². The van der Waals surface area contributed by atoms with Crippen molar-refractivity contribution in [1.29, 1.82) is 0 Å². The highest BCUT2D eigenvalue weighted by molar-refractivity contribution is 5.83. The summed E-state index contributed by atoms with van der Waals surface area (Å²) in [6.07, 6.45) is -3.63. The lowest BCUT2D eigenvalue weighted by molar-refractivity contribution is -0.140. The van der Waals surface area contributed by atoms with Gasteiger partial charge in [-0.25, -0.2) is 19.1 Å². The molecule has 0 spiro atoms. The molecule has 11 heteroatoms. The highest BCUT2D eigenvalue weighted by atomic mass is 19.3. The predicted octanol–water partition coefficient (Wildman–Crippen LogP) is 0.868. The van der Waals surface area contributed by atoms with Gasteiger partial charge in [-0.15, -0.1) is 0 Å². The molecule has 3 N–H and O–H groups in total. The Bertz CT molecular complexity index is 684. The van der Waals surface area contributed by atoms with Crippen LogP contribution in [0.4, 0.5) is 19.4 Å². The molecule has 1 aliphatic rings. The van der Waals surface area contributed by atoms with Crippen molar-refractivity contribution in [1.82, 2.24) is 9.55 Å². The van der Waals surface area contributed by atoms with Crippen LogP contribution in [0.15, 0.2) is 17.1 Å². The Balaban J connectivity index is 2.22. The van der Waals surface area contributed by atoms with E-state index >= 15 is 0 Å². The number of aliphatic hydroxyl groups excluding tert-OH is 2. The molecule has 26 heavy (non-hydrogen) atoms. The second-order valence-corrected chi connectivity index (χ2v) is 5.78. The standard InChI is InChI=1S/C15H21F2N3O6/c1-2-3-4-7-25-14(24)19-10-5-6-18-13(23)20(10)12-15(16,17)11(22)9(8-21)26-12/h5-6,9,11-12,21-22H,2-4,7-8H2,1H3,(H,19,24)/t9-,11-,12-/m1/s1. The van der Waals surface area contributed by atoms with Crippen molar-refractivity contribution in [3.05, 3.63) is 22.7 Å². The Hall–Kier alpha value is -2.11. The molecule has 9 nitrogen and oxygen atoms in total. The molecule has 0 bridgehead atoms. The zero-order chi connectivity index (χ0) is 19.3. The Labute approximate surface area is 147 Å². The number of aliphatic hydroxyl groups is 2. The second-order valence-electron chi connectivity index (χ2n) is 5.78. The van der Waals surface area contributed by atoms with Gasteiger partial charge in [0.15, 0.2) is 6.10 Å². The topological polar surface area (TPSA) is 123 Å². The minimum absolute atomic E-state index is 0.135. The lowest BCUT2D eigenvalue weighted by Gasteiger charge is -2.23. The summed E-state index contributed by atoms with van der Waals surface area (Å²) in [6, 6.07) is 1.12. The quantitative estimate of drug-likeness (QED) is 0.603. The first-order valence-electron chi connectivity index (χ1n) is 8.16. The summed E-state index contributed by atoms with van der Waals surface area (Å²) < 4.78 is 38.8. The molecule has 0 unspecified atom stereocenters. The Morgan fingerprint density at radius 1 is 1.50 bits per heavy atom. The zero-order valence-electron chi connectivity index (χ0n) is 14.1. The van der Waals surface area contributed by atoms with Gasteiger partial charge in [-0.3, -0.25) is 5.32 Å². The fourth-order valence-electron chi connectivity index (χ4n) is 2.50. The van der Waals surface area contributed by atoms with E-state index in [4.69, 9.17) is 14.6 Å². The zero-order valence-corrected chi connectivity index (χ0v) is 14.1. The minimum Gasteiger partial charge on any atom is -0.449 e. The maximum atomic E-state index is 14.3. The van der Waals surface area contributed by atoms with Crippen LogP contribution in [-0.2, 0) is 9.47 Å². The van der Waals surface area contributed by atoms with Crippen molar-refractivity contribution < 1.29 is 33.3 Å². The third-order valence-corrected chi connectivity index (χ3v) is 3.89. The van der Waals surface area contributed by atoms with E-state index in [1.54, 1.807) is 0 Å². The van der Waals surface area contributed by atoms with Crippen LogP contribution in [0.25, 0.3) is 0 Å². The number of halogens is 2. The van der Waals surface area contributed by atoms with Crippen molar-refractivity contribution in [2.75, 3.05) is 18.5 Å². The number of amides is 1. The van der Waals surface area contributed by atoms with Crippen LogP contribution in [0, 0.1) is 0 Å². The molecule has 1 aromatic rings. The number of anilines is 1. The van der Waals surface area contributed by atoms with E-state index < -0.39 is 42.7 Å². The second kappa shape index (κ2) is 8.52. The van der Waals surface area contributed by atoms with E-state index in [1.807, 2.05) is 6.92 Å². The average molecular weight is 377 g/mol. The number of unbranched alkanes of at least 4 members (excludes halogenated alkanes) is 2. The molecule has 2 heterocycles. The predicted molar refractivity (Wildman–Crippen MR) is 84.9 cm³/mol. The van der Waals surface area contributed by atoms with Crippen molar-refractivity contribution >= 4 is 11.9 Å². The number of hydrogen-bond donors (Lipinski definition) is 3. The Morgan fingerprint density at radius 2 is 2.23 bits per heavy atom. The van der Waals surface area contributed by atoms with Crippen LogP contribution in [0.5, 0.6) is 0 Å². The summed E-state index contributed by atoms with van der Waals surface area (Å²) >= 11 is 0. The van der Waals surface area contributed by atoms with Gasteiger partial charge in [0.05, 0.1) is 13.2 Å². The number of nitrogens with zero attached hydrogens (tertiary/aromatic N) is 2. The Morgan fingerprint density at radius 3 is 2.85 bits per heavy atom. The van der Waals surface area contributed by atoms with Gasteiger partial charge in [-0.1, -0.05) is 19.8 Å². The number of nitrogens with one attached hydrogen (secondary N) is 1. The van der Waals surface area contributed by atoms with Gasteiger partial charge in [-0.05, 0) is 12.5 Å². The maximum absolute atomic E-state index is 14.3. The number of alkyl halides is 2. The summed E-state index contributed by atoms with van der Waals surface area (Å²) in [5.74, 6) is -4.22. The molecule has 0 aliphatic carbocycles. The molecule has 3 atom stereocenters. The average Bonchev–Trinajstić information content (AvgIpc) is 2.82. The lowest BCUT2D eigenvalue weighted by atomic mass is 10.1. The van der Waals surface area contributed by atoms with Gasteiger partial charge >= 0.3 is 17.7 Å². The summed E-state index contributed by atoms with van der Waals surface area (Å²) in [5.41, 5.74) is -1.12. The van der Waals surface area contributed by atoms with Crippen LogP contribution in [-0.4, -0.2) is 57.2 Å². The molecule has 1 saturated heterocycles. The first-order valence-corrected chi connectivity index (χ1v) is 8.16. The highest BCUT2D eigenvalue weighted by Crippen LogP contribution is 2.43. The highest BCUT2D eigenvalue weighted by Gasteiger charge is 2.60. The van der Waals surface area contributed by atoms with Crippen LogP contribution in [0.3, 0.4) is 0 Å². The van der Waals surface area contributed by atoms with Crippen LogP contribution in [0.2, 0.25) is 0 Å². The fourth-order valence-corrected chi connectivity index (χ4v) is 2.50. The van der Waals surface area contributed by atoms with Crippen LogP contribution < -0.4 is 11.0 Å². The fraction of sp³-hybridized carbons (Fsp3) is 0.667. The molecular weight excluding hydrogens is 356 g/mol. The molecule has 1 aliphatic heterocycles. The number of carbonyl (C=O) groups excluding carboxylic acids is 1. The summed E-state index contributed by atoms with van der Waals surface area (Å²) in [5, 5.41) is 20.8. The van der Waals surface area contributed by atoms with Gasteiger partial charge in [0.2, 0.25) is 6.23 Å². The molecule has 2 rings (SSSR count). The van der Waals surface area contributed by atoms with Crippen molar-refractivity contribution in [2.24, 2.45) is 0 Å². The SMILES string of the molecule is CCCCCOC(=O)Nc1ccnc(=O)n1[C@@H]1O[C@H](CO)[C@@H](O)C1(F)F. The van der Waals surface area contributed by atoms with Gasteiger partial charge in [0.25, 0.3) is 0 Å². The molecule has 1 aromatic heterocycles. The van der Waals surface area contributed by atoms with Gasteiger partial charge in [0.1, 0.15) is 11.9 Å². The van der Waals surface area contributed by atoms with Gasteiger partial charge < -0.3 is 19.7 Å². The molecular formula is C15H21F2N3O6. The van der Waals surface area contributed by atoms with Crippen molar-refractivity contribution in [2.45, 2.75) is 50.5 Å². The van der Waals surface area contributed by atoms with Crippen molar-refractivity contribution in [3.8, 4) is 0 Å². The lowest BCUT2D eigenvalue weighted by Crippen LogP contribution is -2.42. The Kier molecular flexibility index (Phi) is 6.62. The third-order valence-electron chi connectivity index (χ3n) is 3.89. The number of aromatic nitrogens is 2. The number of hydrogen-bond acceptors (Lipinski definition) is 7. The van der Waals surface area contributed by atoms with Gasteiger partial charge in [0, 0.05) is 6.20 Å². The van der Waals surface area contributed by atoms with Crippen LogP contribution in [0.1, 0.15) is 32.4 Å². The minimum atomic E-state index is -3.89. The normalized spacial score (nSPS) is 24.4. The van der Waals surface area contributed by atoms with Gasteiger partial charge in [-0.2, -0.15) is 8.78 Å². The molecule has 1 fully saturated rings. The number of rotatable bonds is 7. The first-order chi connectivity index (χ1) is 12.3. The largest absolute Gasteiger partial charge is 0.449 e. The van der Waals surface area contributed by atoms with Crippen molar-refractivity contribution in [3.63, 3.8) is 0 Å². The monoisotopic (exact) mass is 377 g/mol. The summed E-state index contributed by atoms with van der Waals surface area (Å²) in [4.78, 5) is 27.2. The molecule has 0 aromatic carbocycles. The smallest absolute Gasteiger partial charge is 0.412 e. The summed E-state index contributed by atoms with van der Waals surface area (Å²) in [6.45, 7) is 1.24. The van der Waals surface area contributed by atoms with E-state index in [1.165, 1.54) is 0 Å². The maximum Gasteiger partial charge on any atom is 0.412 e. The molecule has 1 amide bonds. The van der Waals surface area contributed by atoms with E-state index in [0.29, 0.717) is 11.0 Å². The van der Waals surface area contributed by atoms with Crippen LogP contribution >= 0.6 is 0 Å². The van der Waals surface area contributed by atoms with E-state index in [0.717, 1.165) is 25.1 Å². The van der Waals surface area contributed by atoms with E-state index in [-0.39, 0.29) is 12.4 Å². The molecule has 0 radical (unpaired) electrons. The number of carbonyl (C=O) groups is 1. The third kappa shape index (κ3) is 4.17. The molecule has 146 valence electrons. The first kappa shape index (κ1) is 20.2. The summed E-state index contributed by atoms with van der Waals surface area (Å²) in [7, 11) is 0. The van der Waals surface area contributed by atoms with E-state index in [9.17, 15) is 23.5 Å². The molecule has 0 saturated carbocycles.